The number of hydrogen-bond acceptors (Lipinski definition) is 3. The molecule has 0 unspecified atom stereocenters. The number of nitrogens with zero attached hydrogens (tertiary/aromatic N) is 3. The number of aromatic nitrogens is 3. The van der Waals surface area contributed by atoms with E-state index in [1.807, 2.05) is 16.8 Å². The summed E-state index contributed by atoms with van der Waals surface area (Å²) in [5.41, 5.74) is 0.817. The van der Waals surface area contributed by atoms with Crippen LogP contribution in [0.1, 0.15) is 29.4 Å². The molecule has 1 aliphatic rings. The van der Waals surface area contributed by atoms with E-state index in [2.05, 4.69) is 15.3 Å². The van der Waals surface area contributed by atoms with Crippen molar-refractivity contribution in [1.82, 2.24) is 14.5 Å². The van der Waals surface area contributed by atoms with Gasteiger partial charge in [0.1, 0.15) is 17.7 Å². The van der Waals surface area contributed by atoms with E-state index in [0.717, 1.165) is 12.8 Å². The van der Waals surface area contributed by atoms with Crippen molar-refractivity contribution < 1.29 is 4.79 Å². The zero-order chi connectivity index (χ0) is 13.4. The molecule has 1 fully saturated rings. The molecule has 2 aromatic rings. The molecular formula is C12H10Cl2N4O. The number of hydrogen-bond donors (Lipinski definition) is 1. The van der Waals surface area contributed by atoms with E-state index >= 15 is 0 Å². The molecule has 0 aromatic carbocycles. The molecule has 7 heteroatoms. The van der Waals surface area contributed by atoms with Gasteiger partial charge in [-0.05, 0) is 25.0 Å². The topological polar surface area (TPSA) is 59.8 Å². The van der Waals surface area contributed by atoms with Gasteiger partial charge >= 0.3 is 0 Å². The molecular weight excluding hydrogens is 287 g/mol. The van der Waals surface area contributed by atoms with Gasteiger partial charge in [-0.3, -0.25) is 4.79 Å². The van der Waals surface area contributed by atoms with Crippen LogP contribution in [0.3, 0.4) is 0 Å². The molecule has 0 saturated heterocycles. The Balaban J connectivity index is 1.87. The van der Waals surface area contributed by atoms with Crippen molar-refractivity contribution in [3.8, 4) is 0 Å². The third-order valence-electron chi connectivity index (χ3n) is 2.95. The predicted octanol–water partition coefficient (Wildman–Crippen LogP) is 3.17. The molecule has 19 heavy (non-hydrogen) atoms. The van der Waals surface area contributed by atoms with Gasteiger partial charge in [-0.2, -0.15) is 0 Å². The van der Waals surface area contributed by atoms with Crippen molar-refractivity contribution >= 4 is 34.8 Å². The molecule has 0 bridgehead atoms. The van der Waals surface area contributed by atoms with E-state index in [1.165, 1.54) is 6.33 Å². The largest absolute Gasteiger partial charge is 0.340 e. The van der Waals surface area contributed by atoms with Crippen LogP contribution in [-0.4, -0.2) is 20.4 Å². The quantitative estimate of drug-likeness (QED) is 0.885. The maximum atomic E-state index is 12.2. The van der Waals surface area contributed by atoms with Crippen molar-refractivity contribution in [2.75, 3.05) is 5.32 Å². The van der Waals surface area contributed by atoms with Crippen molar-refractivity contribution in [2.24, 2.45) is 0 Å². The molecule has 2 aromatic heterocycles. The minimum absolute atomic E-state index is 0.123. The summed E-state index contributed by atoms with van der Waals surface area (Å²) < 4.78 is 1.96. The Labute approximate surface area is 119 Å². The van der Waals surface area contributed by atoms with Crippen molar-refractivity contribution in [3.63, 3.8) is 0 Å². The number of halogens is 2. The molecule has 5 nitrogen and oxygen atoms in total. The summed E-state index contributed by atoms with van der Waals surface area (Å²) in [5.74, 6) is -0.268. The smallest absolute Gasteiger partial charge is 0.272 e. The molecule has 1 aliphatic carbocycles. The summed E-state index contributed by atoms with van der Waals surface area (Å²) in [6.45, 7) is 0. The number of anilines is 1. The van der Waals surface area contributed by atoms with Gasteiger partial charge in [0, 0.05) is 12.2 Å². The molecule has 0 spiro atoms. The summed E-state index contributed by atoms with van der Waals surface area (Å²) in [4.78, 5) is 19.8. The zero-order valence-electron chi connectivity index (χ0n) is 9.81. The molecule has 2 heterocycles. The standard InChI is InChI=1S/C12H10Cl2N4O/c13-10-9(11(14)16-6-15-10)17-12(19)8-2-1-5-18(8)7-3-4-7/h1-2,5-7H,3-4H2,(H,17,19). The van der Waals surface area contributed by atoms with Crippen molar-refractivity contribution in [3.05, 3.63) is 40.7 Å². The summed E-state index contributed by atoms with van der Waals surface area (Å²) in [5, 5.41) is 2.90. The fourth-order valence-electron chi connectivity index (χ4n) is 1.88. The lowest BCUT2D eigenvalue weighted by Gasteiger charge is -2.10. The first kappa shape index (κ1) is 12.4. The maximum absolute atomic E-state index is 12.2. The maximum Gasteiger partial charge on any atom is 0.272 e. The molecule has 0 aliphatic heterocycles. The monoisotopic (exact) mass is 296 g/mol. The highest BCUT2D eigenvalue weighted by atomic mass is 35.5. The van der Waals surface area contributed by atoms with Gasteiger partial charge in [0.25, 0.3) is 5.91 Å². The average molecular weight is 297 g/mol. The third kappa shape index (κ3) is 2.43. The van der Waals surface area contributed by atoms with E-state index in [0.29, 0.717) is 11.7 Å². The minimum Gasteiger partial charge on any atom is -0.340 e. The van der Waals surface area contributed by atoms with E-state index < -0.39 is 0 Å². The van der Waals surface area contributed by atoms with Gasteiger partial charge in [0.2, 0.25) is 0 Å². The van der Waals surface area contributed by atoms with E-state index in [9.17, 15) is 4.79 Å². The Morgan fingerprint density at radius 2 is 2.00 bits per heavy atom. The molecule has 98 valence electrons. The normalized spacial score (nSPS) is 14.4. The van der Waals surface area contributed by atoms with Crippen LogP contribution in [0.2, 0.25) is 10.3 Å². The molecule has 1 amide bonds. The van der Waals surface area contributed by atoms with Crippen molar-refractivity contribution in [2.45, 2.75) is 18.9 Å². The Morgan fingerprint density at radius 1 is 1.32 bits per heavy atom. The van der Waals surface area contributed by atoms with E-state index in [4.69, 9.17) is 23.2 Å². The first-order chi connectivity index (χ1) is 9.16. The predicted molar refractivity (Wildman–Crippen MR) is 72.7 cm³/mol. The number of nitrogens with one attached hydrogen (secondary N) is 1. The second kappa shape index (κ2) is 4.83. The Hall–Kier alpha value is -1.59. The van der Waals surface area contributed by atoms with Crippen LogP contribution in [0, 0.1) is 0 Å². The Kier molecular flexibility index (Phi) is 3.16. The first-order valence-corrected chi connectivity index (χ1v) is 6.56. The fourth-order valence-corrected chi connectivity index (χ4v) is 2.29. The highest BCUT2D eigenvalue weighted by Crippen LogP contribution is 2.36. The van der Waals surface area contributed by atoms with Crippen LogP contribution in [0.4, 0.5) is 5.69 Å². The van der Waals surface area contributed by atoms with Crippen LogP contribution >= 0.6 is 23.2 Å². The van der Waals surface area contributed by atoms with Crippen LogP contribution in [0.5, 0.6) is 0 Å². The average Bonchev–Trinajstić information content (AvgIpc) is 3.11. The lowest BCUT2D eigenvalue weighted by molar-refractivity contribution is 0.101. The van der Waals surface area contributed by atoms with Crippen LogP contribution in [0.15, 0.2) is 24.7 Å². The van der Waals surface area contributed by atoms with Gasteiger partial charge in [-0.15, -0.1) is 0 Å². The van der Waals surface area contributed by atoms with Crippen LogP contribution < -0.4 is 5.32 Å². The van der Waals surface area contributed by atoms with Gasteiger partial charge in [-0.1, -0.05) is 23.2 Å². The Morgan fingerprint density at radius 3 is 2.63 bits per heavy atom. The summed E-state index contributed by atoms with van der Waals surface area (Å²) in [6.07, 6.45) is 5.35. The summed E-state index contributed by atoms with van der Waals surface area (Å²) in [7, 11) is 0. The van der Waals surface area contributed by atoms with Gasteiger partial charge in [-0.25, -0.2) is 9.97 Å². The van der Waals surface area contributed by atoms with E-state index in [-0.39, 0.29) is 21.9 Å². The lowest BCUT2D eigenvalue weighted by atomic mass is 10.3. The number of amides is 1. The minimum atomic E-state index is -0.268. The molecule has 3 rings (SSSR count). The highest BCUT2D eigenvalue weighted by Gasteiger charge is 2.27. The number of carbonyl (C=O) groups is 1. The Bertz CT molecular complexity index is 616. The van der Waals surface area contributed by atoms with Crippen molar-refractivity contribution in [1.29, 1.82) is 0 Å². The second-order valence-electron chi connectivity index (χ2n) is 4.32. The van der Waals surface area contributed by atoms with Crippen LogP contribution in [0.25, 0.3) is 0 Å². The third-order valence-corrected chi connectivity index (χ3v) is 3.52. The summed E-state index contributed by atoms with van der Waals surface area (Å²) >= 11 is 11.8. The summed E-state index contributed by atoms with van der Waals surface area (Å²) in [6, 6.07) is 4.03. The molecule has 0 atom stereocenters. The molecule has 1 N–H and O–H groups in total. The molecule has 1 saturated carbocycles. The van der Waals surface area contributed by atoms with Gasteiger partial charge < -0.3 is 9.88 Å². The lowest BCUT2D eigenvalue weighted by Crippen LogP contribution is -2.17. The van der Waals surface area contributed by atoms with E-state index in [1.54, 1.807) is 6.07 Å². The zero-order valence-corrected chi connectivity index (χ0v) is 11.3. The fraction of sp³-hybridized carbons (Fsp3) is 0.250. The van der Waals surface area contributed by atoms with Crippen LogP contribution in [-0.2, 0) is 0 Å². The molecule has 0 radical (unpaired) electrons. The van der Waals surface area contributed by atoms with Gasteiger partial charge in [0.05, 0.1) is 0 Å². The second-order valence-corrected chi connectivity index (χ2v) is 5.03. The number of rotatable bonds is 3. The highest BCUT2D eigenvalue weighted by molar-refractivity contribution is 6.38. The first-order valence-electron chi connectivity index (χ1n) is 5.81. The SMILES string of the molecule is O=C(Nc1c(Cl)ncnc1Cl)c1cccn1C1CC1. The number of carbonyl (C=O) groups excluding carboxylic acids is 1. The van der Waals surface area contributed by atoms with Gasteiger partial charge in [0.15, 0.2) is 10.3 Å².